The summed E-state index contributed by atoms with van der Waals surface area (Å²) in [6.45, 7) is 2.00. The van der Waals surface area contributed by atoms with Gasteiger partial charge < -0.3 is 14.5 Å². The minimum absolute atomic E-state index is 0.0208. The average molecular weight is 529 g/mol. The summed E-state index contributed by atoms with van der Waals surface area (Å²) in [5.74, 6) is -0.917. The number of thioether (sulfide) groups is 1. The first-order chi connectivity index (χ1) is 17.4. The summed E-state index contributed by atoms with van der Waals surface area (Å²) in [5, 5.41) is 0.999. The van der Waals surface area contributed by atoms with Crippen LogP contribution in [0.5, 0.6) is 5.75 Å². The maximum absolute atomic E-state index is 13.5. The number of esters is 1. The predicted octanol–water partition coefficient (Wildman–Crippen LogP) is 3.26. The Morgan fingerprint density at radius 2 is 1.83 bits per heavy atom. The lowest BCUT2D eigenvalue weighted by molar-refractivity contribution is -0.153. The number of hydrogen-bond acceptors (Lipinski definition) is 8. The van der Waals surface area contributed by atoms with Gasteiger partial charge in [0.15, 0.2) is 0 Å². The van der Waals surface area contributed by atoms with Gasteiger partial charge in [-0.2, -0.15) is 0 Å². The zero-order valence-corrected chi connectivity index (χ0v) is 21.7. The first-order valence-electron chi connectivity index (χ1n) is 12.5. The van der Waals surface area contributed by atoms with Crippen molar-refractivity contribution in [1.82, 2.24) is 9.88 Å². The van der Waals surface area contributed by atoms with Gasteiger partial charge in [-0.1, -0.05) is 36.8 Å². The van der Waals surface area contributed by atoms with Crippen LogP contribution >= 0.6 is 23.1 Å². The van der Waals surface area contributed by atoms with E-state index in [0.717, 1.165) is 45.4 Å². The second-order valence-corrected chi connectivity index (χ2v) is 12.3. The Morgan fingerprint density at radius 1 is 1.11 bits per heavy atom. The predicted molar refractivity (Wildman–Crippen MR) is 134 cm³/mol. The maximum atomic E-state index is 13.5. The highest BCUT2D eigenvalue weighted by Crippen LogP contribution is 2.68. The maximum Gasteiger partial charge on any atom is 0.326 e. The number of carbonyl (C=O) groups is 3. The number of nitrogens with one attached hydrogen (secondary N) is 1. The average Bonchev–Trinajstić information content (AvgIpc) is 3.60. The summed E-state index contributed by atoms with van der Waals surface area (Å²) in [6.07, 6.45) is 2.47. The quantitative estimate of drug-likeness (QED) is 0.334. The van der Waals surface area contributed by atoms with Crippen molar-refractivity contribution >= 4 is 40.9 Å². The number of methoxy groups -OCH3 is 1. The number of benzene rings is 1. The first-order valence-corrected chi connectivity index (χ1v) is 14.2. The van der Waals surface area contributed by atoms with Crippen molar-refractivity contribution < 1.29 is 23.9 Å². The van der Waals surface area contributed by atoms with E-state index in [1.54, 1.807) is 18.9 Å². The van der Waals surface area contributed by atoms with Gasteiger partial charge in [0.2, 0.25) is 11.8 Å². The molecule has 36 heavy (non-hydrogen) atoms. The van der Waals surface area contributed by atoms with Crippen LogP contribution in [0.25, 0.3) is 0 Å². The van der Waals surface area contributed by atoms with Crippen LogP contribution in [-0.4, -0.2) is 53.2 Å². The van der Waals surface area contributed by atoms with Crippen molar-refractivity contribution in [2.45, 2.75) is 42.4 Å². The topological polar surface area (TPSA) is 106 Å². The number of hydrogen-bond donors (Lipinski definition) is 1. The Kier molecular flexibility index (Phi) is 5.99. The number of amides is 2. The smallest absolute Gasteiger partial charge is 0.326 e. The molecule has 2 saturated carbocycles. The molecule has 2 aromatic rings. The van der Waals surface area contributed by atoms with Crippen LogP contribution in [0.2, 0.25) is 0 Å². The lowest BCUT2D eigenvalue weighted by Gasteiger charge is -2.43. The number of fused-ring (bicyclic) bond motifs is 9. The van der Waals surface area contributed by atoms with Crippen LogP contribution in [0, 0.1) is 29.6 Å². The lowest BCUT2D eigenvalue weighted by Crippen LogP contribution is -2.42. The van der Waals surface area contributed by atoms with E-state index in [1.165, 1.54) is 11.3 Å². The summed E-state index contributed by atoms with van der Waals surface area (Å²) >= 11 is 2.89. The molecule has 3 heterocycles. The number of ether oxygens (including phenoxy) is 2. The van der Waals surface area contributed by atoms with Crippen LogP contribution in [0.4, 0.5) is 0 Å². The standard InChI is InChI=1S/C26H28N2O6S2/c1-3-4-9-34-16(29)11-28-24(30)19-14-10-15(20(19)25(28)31)21-18(14)17(12-5-7-13(33-2)8-6-12)22-23(35-21)27-26(32)36-22/h5-8,14-15,17-21H,3-4,9-11H2,1-2H3,(H,27,32). The molecule has 0 radical (unpaired) electrons. The molecule has 7 unspecified atom stereocenters. The molecule has 2 bridgehead atoms. The van der Waals surface area contributed by atoms with Crippen molar-refractivity contribution in [3.8, 4) is 5.75 Å². The largest absolute Gasteiger partial charge is 0.497 e. The van der Waals surface area contributed by atoms with Gasteiger partial charge in [-0.05, 0) is 48.3 Å². The Balaban J connectivity index is 1.32. The fourth-order valence-corrected chi connectivity index (χ4v) is 9.81. The number of carbonyl (C=O) groups excluding carboxylic acids is 3. The summed E-state index contributed by atoms with van der Waals surface area (Å²) in [7, 11) is 1.63. The van der Waals surface area contributed by atoms with E-state index in [-0.39, 0.29) is 52.2 Å². The number of H-pyrrole nitrogens is 1. The van der Waals surface area contributed by atoms with Gasteiger partial charge in [0.1, 0.15) is 12.3 Å². The van der Waals surface area contributed by atoms with Gasteiger partial charge in [-0.3, -0.25) is 24.1 Å². The monoisotopic (exact) mass is 528 g/mol. The van der Waals surface area contributed by atoms with Crippen molar-refractivity contribution in [1.29, 1.82) is 0 Å². The molecule has 0 spiro atoms. The number of rotatable bonds is 7. The van der Waals surface area contributed by atoms with Crippen molar-refractivity contribution in [2.24, 2.45) is 29.6 Å². The highest BCUT2D eigenvalue weighted by atomic mass is 32.2. The zero-order valence-electron chi connectivity index (χ0n) is 20.1. The fourth-order valence-electron chi connectivity index (χ4n) is 6.92. The summed E-state index contributed by atoms with van der Waals surface area (Å²) in [4.78, 5) is 56.7. The molecule has 2 amide bonds. The van der Waals surface area contributed by atoms with E-state index in [9.17, 15) is 19.2 Å². The molecule has 10 heteroatoms. The van der Waals surface area contributed by atoms with Crippen molar-refractivity contribution in [3.63, 3.8) is 0 Å². The SMILES string of the molecule is CCCCOC(=O)CN1C(=O)C2C3CC(C2C1=O)C1C(c2ccc(OC)cc2)c2sc(=O)[nH]c2SC31. The molecule has 1 aromatic carbocycles. The van der Waals surface area contributed by atoms with Gasteiger partial charge in [0, 0.05) is 16.0 Å². The number of aromatic amines is 1. The van der Waals surface area contributed by atoms with E-state index >= 15 is 0 Å². The number of thiazole rings is 1. The van der Waals surface area contributed by atoms with Crippen molar-refractivity contribution in [3.05, 3.63) is 44.4 Å². The summed E-state index contributed by atoms with van der Waals surface area (Å²) in [6, 6.07) is 7.92. The molecular weight excluding hydrogens is 500 g/mol. The molecule has 3 fully saturated rings. The Labute approximate surface area is 216 Å². The van der Waals surface area contributed by atoms with E-state index in [1.807, 2.05) is 31.2 Å². The van der Waals surface area contributed by atoms with E-state index < -0.39 is 17.8 Å². The number of imide groups is 1. The molecule has 7 atom stereocenters. The number of unbranched alkanes of at least 4 members (excludes halogenated alkanes) is 1. The minimum Gasteiger partial charge on any atom is -0.497 e. The van der Waals surface area contributed by atoms with Gasteiger partial charge in [-0.25, -0.2) is 0 Å². The Hall–Kier alpha value is -2.59. The fraction of sp³-hybridized carbons (Fsp3) is 0.538. The molecular formula is C26H28N2O6S2. The third-order valence-corrected chi connectivity index (χ3v) is 10.9. The molecule has 2 aliphatic heterocycles. The van der Waals surface area contributed by atoms with Gasteiger partial charge in [-0.15, -0.1) is 11.8 Å². The van der Waals surface area contributed by atoms with Crippen LogP contribution in [-0.2, 0) is 19.1 Å². The van der Waals surface area contributed by atoms with E-state index in [0.29, 0.717) is 6.61 Å². The third kappa shape index (κ3) is 3.55. The second kappa shape index (κ2) is 9.06. The molecule has 4 aliphatic rings. The number of likely N-dealkylation sites (tertiary alicyclic amines) is 1. The summed E-state index contributed by atoms with van der Waals surface area (Å²) < 4.78 is 10.6. The molecule has 190 valence electrons. The highest BCUT2D eigenvalue weighted by molar-refractivity contribution is 8.00. The van der Waals surface area contributed by atoms with E-state index in [4.69, 9.17) is 9.47 Å². The van der Waals surface area contributed by atoms with Crippen LogP contribution in [0.15, 0.2) is 34.1 Å². The highest BCUT2D eigenvalue weighted by Gasteiger charge is 2.69. The minimum atomic E-state index is -0.528. The number of nitrogens with zero attached hydrogens (tertiary/aromatic N) is 1. The van der Waals surface area contributed by atoms with E-state index in [2.05, 4.69) is 4.98 Å². The molecule has 6 rings (SSSR count). The van der Waals surface area contributed by atoms with Crippen LogP contribution < -0.4 is 9.61 Å². The van der Waals surface area contributed by atoms with Crippen LogP contribution in [0.1, 0.15) is 42.5 Å². The van der Waals surface area contributed by atoms with Crippen LogP contribution in [0.3, 0.4) is 0 Å². The van der Waals surface area contributed by atoms with Crippen molar-refractivity contribution in [2.75, 3.05) is 20.3 Å². The lowest BCUT2D eigenvalue weighted by atomic mass is 9.68. The normalized spacial score (nSPS) is 31.8. The second-order valence-electron chi connectivity index (χ2n) is 10.1. The molecule has 1 N–H and O–H groups in total. The Morgan fingerprint density at radius 3 is 2.53 bits per heavy atom. The molecule has 1 saturated heterocycles. The zero-order chi connectivity index (χ0) is 25.1. The summed E-state index contributed by atoms with van der Waals surface area (Å²) in [5.41, 5.74) is 1.08. The molecule has 1 aromatic heterocycles. The number of aromatic nitrogens is 1. The van der Waals surface area contributed by atoms with Gasteiger partial charge in [0.05, 0.1) is 30.6 Å². The van der Waals surface area contributed by atoms with Gasteiger partial charge >= 0.3 is 10.8 Å². The van der Waals surface area contributed by atoms with Gasteiger partial charge in [0.25, 0.3) is 0 Å². The first kappa shape index (κ1) is 23.8. The molecule has 2 aliphatic carbocycles. The third-order valence-electron chi connectivity index (χ3n) is 8.34. The molecule has 8 nitrogen and oxygen atoms in total. The Bertz CT molecular complexity index is 1270.